The molecule has 32 heavy (non-hydrogen) atoms. The lowest BCUT2D eigenvalue weighted by molar-refractivity contribution is -0.149. The Morgan fingerprint density at radius 1 is 1.06 bits per heavy atom. The third kappa shape index (κ3) is 3.80. The van der Waals surface area contributed by atoms with Crippen molar-refractivity contribution < 1.29 is 9.90 Å². The van der Waals surface area contributed by atoms with E-state index in [1.54, 1.807) is 6.20 Å². The molecule has 4 aromatic rings. The summed E-state index contributed by atoms with van der Waals surface area (Å²) < 4.78 is 0. The monoisotopic (exact) mass is 447 g/mol. The van der Waals surface area contributed by atoms with Crippen molar-refractivity contribution in [3.05, 3.63) is 59.9 Å². The van der Waals surface area contributed by atoms with E-state index in [0.29, 0.717) is 31.0 Å². The number of aromatic amines is 1. The van der Waals surface area contributed by atoms with E-state index >= 15 is 0 Å². The van der Waals surface area contributed by atoms with Gasteiger partial charge in [0.15, 0.2) is 0 Å². The highest BCUT2D eigenvalue weighted by Gasteiger charge is 2.37. The number of H-pyrrole nitrogens is 1. The highest BCUT2D eigenvalue weighted by Crippen LogP contribution is 2.33. The summed E-state index contributed by atoms with van der Waals surface area (Å²) in [7, 11) is 0. The number of rotatable bonds is 4. The molecule has 162 valence electrons. The normalized spacial score (nSPS) is 15.8. The number of hydrogen-bond acceptors (Lipinski definition) is 5. The number of carboxylic acid groups (broad SMARTS) is 1. The van der Waals surface area contributed by atoms with Gasteiger partial charge in [0.25, 0.3) is 0 Å². The van der Waals surface area contributed by atoms with Crippen LogP contribution in [0, 0.1) is 5.41 Å². The van der Waals surface area contributed by atoms with Gasteiger partial charge in [-0.2, -0.15) is 0 Å². The minimum absolute atomic E-state index is 0.614. The molecule has 4 heterocycles. The molecule has 0 amide bonds. The lowest BCUT2D eigenvalue weighted by atomic mass is 9.80. The van der Waals surface area contributed by atoms with Crippen molar-refractivity contribution in [1.82, 2.24) is 19.9 Å². The molecule has 1 fully saturated rings. The van der Waals surface area contributed by atoms with Gasteiger partial charge in [-0.3, -0.25) is 9.78 Å². The summed E-state index contributed by atoms with van der Waals surface area (Å²) in [6.45, 7) is 3.19. The molecule has 1 aromatic carbocycles. The van der Waals surface area contributed by atoms with Gasteiger partial charge in [-0.15, -0.1) is 0 Å². The average Bonchev–Trinajstić information content (AvgIpc) is 3.23. The quantitative estimate of drug-likeness (QED) is 0.455. The van der Waals surface area contributed by atoms with Crippen LogP contribution in [-0.2, 0) is 4.79 Å². The van der Waals surface area contributed by atoms with Gasteiger partial charge in [-0.25, -0.2) is 9.97 Å². The topological polar surface area (TPSA) is 95.0 Å². The number of aromatic nitrogens is 4. The van der Waals surface area contributed by atoms with Crippen molar-refractivity contribution >= 4 is 34.4 Å². The summed E-state index contributed by atoms with van der Waals surface area (Å²) in [6, 6.07) is 13.5. The molecule has 0 spiro atoms. The second-order valence-electron chi connectivity index (χ2n) is 8.44. The summed E-state index contributed by atoms with van der Waals surface area (Å²) in [5.74, 6) is 0.883. The maximum atomic E-state index is 11.4. The number of benzene rings is 1. The number of aliphatic carboxylic acids is 1. The van der Waals surface area contributed by atoms with E-state index in [9.17, 15) is 9.90 Å². The van der Waals surface area contributed by atoms with E-state index in [4.69, 9.17) is 11.6 Å². The molecule has 1 aliphatic heterocycles. The summed E-state index contributed by atoms with van der Waals surface area (Å²) in [6.07, 6.45) is 4.83. The van der Waals surface area contributed by atoms with Gasteiger partial charge < -0.3 is 15.0 Å². The van der Waals surface area contributed by atoms with Crippen molar-refractivity contribution in [3.8, 4) is 22.6 Å². The fourth-order valence-electron chi connectivity index (χ4n) is 3.99. The SMILES string of the molecule is CC1(C(=O)O)CCN(c2ccc(-c3ccc(-c4nc5cc(Cl)ccc5[nH]4)cn3)cn2)CC1. The Hall–Kier alpha value is -3.45. The zero-order valence-corrected chi connectivity index (χ0v) is 18.3. The largest absolute Gasteiger partial charge is 0.481 e. The number of halogens is 1. The zero-order valence-electron chi connectivity index (χ0n) is 17.5. The van der Waals surface area contributed by atoms with Crippen LogP contribution in [0.25, 0.3) is 33.7 Å². The van der Waals surface area contributed by atoms with Crippen LogP contribution in [0.3, 0.4) is 0 Å². The van der Waals surface area contributed by atoms with Crippen LogP contribution in [0.2, 0.25) is 5.02 Å². The molecular weight excluding hydrogens is 426 g/mol. The van der Waals surface area contributed by atoms with Crippen molar-refractivity contribution in [3.63, 3.8) is 0 Å². The Labute approximate surface area is 190 Å². The van der Waals surface area contributed by atoms with Crippen LogP contribution in [0.1, 0.15) is 19.8 Å². The Bertz CT molecular complexity index is 1280. The van der Waals surface area contributed by atoms with Crippen molar-refractivity contribution in [2.75, 3.05) is 18.0 Å². The average molecular weight is 448 g/mol. The first-order valence-corrected chi connectivity index (χ1v) is 10.9. The highest BCUT2D eigenvalue weighted by molar-refractivity contribution is 6.31. The Balaban J connectivity index is 1.31. The molecule has 3 aromatic heterocycles. The van der Waals surface area contributed by atoms with Gasteiger partial charge in [0.1, 0.15) is 11.6 Å². The Kier molecular flexibility index (Phi) is 5.06. The maximum Gasteiger partial charge on any atom is 0.309 e. The van der Waals surface area contributed by atoms with Crippen molar-refractivity contribution in [2.45, 2.75) is 19.8 Å². The second-order valence-corrected chi connectivity index (χ2v) is 8.87. The minimum Gasteiger partial charge on any atom is -0.481 e. The molecule has 0 aliphatic carbocycles. The van der Waals surface area contributed by atoms with Crippen LogP contribution in [0.4, 0.5) is 5.82 Å². The number of pyridine rings is 2. The number of piperidine rings is 1. The molecule has 0 radical (unpaired) electrons. The zero-order chi connectivity index (χ0) is 22.3. The van der Waals surface area contributed by atoms with E-state index in [-0.39, 0.29) is 0 Å². The maximum absolute atomic E-state index is 11.4. The predicted octanol–water partition coefficient (Wildman–Crippen LogP) is 5.03. The van der Waals surface area contributed by atoms with Gasteiger partial charge in [-0.1, -0.05) is 11.6 Å². The number of nitrogens with zero attached hydrogens (tertiary/aromatic N) is 4. The van der Waals surface area contributed by atoms with Crippen molar-refractivity contribution in [1.29, 1.82) is 0 Å². The number of imidazole rings is 1. The van der Waals surface area contributed by atoms with E-state index in [0.717, 1.165) is 39.5 Å². The van der Waals surface area contributed by atoms with Crippen LogP contribution < -0.4 is 4.90 Å². The van der Waals surface area contributed by atoms with E-state index in [2.05, 4.69) is 24.8 Å². The van der Waals surface area contributed by atoms with Gasteiger partial charge >= 0.3 is 5.97 Å². The molecule has 2 N–H and O–H groups in total. The van der Waals surface area contributed by atoms with Gasteiger partial charge in [0.05, 0.1) is 22.1 Å². The first-order chi connectivity index (χ1) is 15.4. The fourth-order valence-corrected chi connectivity index (χ4v) is 4.15. The highest BCUT2D eigenvalue weighted by atomic mass is 35.5. The number of fused-ring (bicyclic) bond motifs is 1. The fraction of sp³-hybridized carbons (Fsp3) is 0.250. The van der Waals surface area contributed by atoms with Crippen LogP contribution in [-0.4, -0.2) is 44.1 Å². The van der Waals surface area contributed by atoms with Gasteiger partial charge in [-0.05, 0) is 62.2 Å². The van der Waals surface area contributed by atoms with Crippen LogP contribution in [0.5, 0.6) is 0 Å². The van der Waals surface area contributed by atoms with Crippen LogP contribution in [0.15, 0.2) is 54.9 Å². The van der Waals surface area contributed by atoms with Gasteiger partial charge in [0.2, 0.25) is 0 Å². The number of carbonyl (C=O) groups is 1. The molecule has 0 bridgehead atoms. The first kappa shape index (κ1) is 20.5. The van der Waals surface area contributed by atoms with Crippen LogP contribution >= 0.6 is 11.6 Å². The third-order valence-corrected chi connectivity index (χ3v) is 6.47. The molecule has 0 unspecified atom stereocenters. The lowest BCUT2D eigenvalue weighted by Crippen LogP contribution is -2.43. The summed E-state index contributed by atoms with van der Waals surface area (Å²) in [4.78, 5) is 30.7. The Morgan fingerprint density at radius 3 is 2.47 bits per heavy atom. The smallest absolute Gasteiger partial charge is 0.309 e. The number of hydrogen-bond donors (Lipinski definition) is 2. The molecule has 0 atom stereocenters. The first-order valence-electron chi connectivity index (χ1n) is 10.5. The van der Waals surface area contributed by atoms with E-state index < -0.39 is 11.4 Å². The molecule has 8 heteroatoms. The van der Waals surface area contributed by atoms with Gasteiger partial charge in [0, 0.05) is 41.6 Å². The third-order valence-electron chi connectivity index (χ3n) is 6.23. The van der Waals surface area contributed by atoms with Crippen molar-refractivity contribution in [2.24, 2.45) is 5.41 Å². The molecule has 1 aliphatic rings. The lowest BCUT2D eigenvalue weighted by Gasteiger charge is -2.37. The molecule has 5 rings (SSSR count). The number of anilines is 1. The molecular formula is C24H22ClN5O2. The Morgan fingerprint density at radius 2 is 1.81 bits per heavy atom. The summed E-state index contributed by atoms with van der Waals surface area (Å²) in [5, 5.41) is 10.1. The number of nitrogens with one attached hydrogen (secondary N) is 1. The predicted molar refractivity (Wildman–Crippen MR) is 125 cm³/mol. The van der Waals surface area contributed by atoms with E-state index in [1.165, 1.54) is 0 Å². The van der Waals surface area contributed by atoms with E-state index in [1.807, 2.05) is 55.6 Å². The standard InChI is InChI=1S/C24H22ClN5O2/c1-24(23(31)32)8-10-30(11-9-24)21-7-3-15(13-27-21)18-5-2-16(14-26-18)22-28-19-6-4-17(25)12-20(19)29-22/h2-7,12-14H,8-11H2,1H3,(H,28,29)(H,31,32). The molecule has 1 saturated heterocycles. The minimum atomic E-state index is -0.721. The summed E-state index contributed by atoms with van der Waals surface area (Å²) in [5.41, 5.74) is 3.73. The number of carboxylic acids is 1. The molecule has 7 nitrogen and oxygen atoms in total. The molecule has 0 saturated carbocycles. The summed E-state index contributed by atoms with van der Waals surface area (Å²) >= 11 is 6.05. The second kappa shape index (κ2) is 7.91.